The van der Waals surface area contributed by atoms with E-state index in [4.69, 9.17) is 16.3 Å². The largest absolute Gasteiger partial charge is 0.375 e. The maximum absolute atomic E-state index is 12.9. The van der Waals surface area contributed by atoms with Crippen LogP contribution in [0.2, 0.25) is 5.02 Å². The van der Waals surface area contributed by atoms with Gasteiger partial charge >= 0.3 is 0 Å². The first-order valence-corrected chi connectivity index (χ1v) is 4.69. The Bertz CT molecular complexity index is 306. The van der Waals surface area contributed by atoms with E-state index in [9.17, 15) is 4.39 Å². The van der Waals surface area contributed by atoms with E-state index in [2.05, 4.69) is 5.32 Å². The number of hydrogen-bond donors (Lipinski definition) is 1. The van der Waals surface area contributed by atoms with Crippen LogP contribution in [0.15, 0.2) is 18.2 Å². The summed E-state index contributed by atoms with van der Waals surface area (Å²) in [5, 5.41) is 3.48. The number of rotatable bonds is 4. The van der Waals surface area contributed by atoms with Crippen LogP contribution in [0.4, 0.5) is 4.39 Å². The maximum atomic E-state index is 12.9. The summed E-state index contributed by atoms with van der Waals surface area (Å²) in [7, 11) is 3.38. The van der Waals surface area contributed by atoms with E-state index in [0.29, 0.717) is 17.1 Å². The van der Waals surface area contributed by atoms with Gasteiger partial charge in [0.1, 0.15) is 5.82 Å². The molecule has 1 aromatic carbocycles. The summed E-state index contributed by atoms with van der Waals surface area (Å²) in [5.41, 5.74) is 0.670. The van der Waals surface area contributed by atoms with Crippen LogP contribution in [-0.2, 0) is 4.74 Å². The monoisotopic (exact) mass is 217 g/mol. The molecule has 1 aromatic rings. The van der Waals surface area contributed by atoms with Crippen molar-refractivity contribution in [2.75, 3.05) is 20.7 Å². The van der Waals surface area contributed by atoms with Gasteiger partial charge in [0, 0.05) is 24.2 Å². The summed E-state index contributed by atoms with van der Waals surface area (Å²) in [6.07, 6.45) is -0.219. The van der Waals surface area contributed by atoms with Crippen molar-refractivity contribution in [3.05, 3.63) is 34.6 Å². The van der Waals surface area contributed by atoms with Gasteiger partial charge in [0.25, 0.3) is 0 Å². The highest BCUT2D eigenvalue weighted by Gasteiger charge is 2.13. The van der Waals surface area contributed by atoms with Crippen LogP contribution < -0.4 is 5.32 Å². The van der Waals surface area contributed by atoms with E-state index in [1.54, 1.807) is 14.2 Å². The van der Waals surface area contributed by atoms with Crippen molar-refractivity contribution in [2.24, 2.45) is 0 Å². The van der Waals surface area contributed by atoms with Gasteiger partial charge in [-0.1, -0.05) is 11.6 Å². The lowest BCUT2D eigenvalue weighted by Gasteiger charge is -2.16. The highest BCUT2D eigenvalue weighted by molar-refractivity contribution is 6.31. The Morgan fingerprint density at radius 2 is 2.29 bits per heavy atom. The molecule has 1 atom stereocenters. The van der Waals surface area contributed by atoms with Crippen LogP contribution in [0.5, 0.6) is 0 Å². The van der Waals surface area contributed by atoms with E-state index in [1.807, 2.05) is 0 Å². The predicted octanol–water partition coefficient (Wildman–Crippen LogP) is 2.39. The van der Waals surface area contributed by atoms with Gasteiger partial charge < -0.3 is 10.1 Å². The molecule has 0 aromatic heterocycles. The molecule has 78 valence electrons. The van der Waals surface area contributed by atoms with Crippen LogP contribution in [-0.4, -0.2) is 20.7 Å². The third-order valence-corrected chi connectivity index (χ3v) is 2.32. The highest BCUT2D eigenvalue weighted by Crippen LogP contribution is 2.25. The number of likely N-dealkylation sites (N-methyl/N-ethyl adjacent to an activating group) is 1. The molecular weight excluding hydrogens is 205 g/mol. The van der Waals surface area contributed by atoms with Crippen LogP contribution in [0.3, 0.4) is 0 Å². The number of ether oxygens (including phenoxy) is 1. The van der Waals surface area contributed by atoms with E-state index >= 15 is 0 Å². The Balaban J connectivity index is 2.96. The summed E-state index contributed by atoms with van der Waals surface area (Å²) in [6, 6.07) is 4.26. The fraction of sp³-hybridized carbons (Fsp3) is 0.400. The SMILES string of the molecule is CNCC(OC)c1cc(F)ccc1Cl. The molecule has 0 fully saturated rings. The Morgan fingerprint density at radius 3 is 2.86 bits per heavy atom. The molecule has 4 heteroatoms. The number of benzene rings is 1. The first kappa shape index (κ1) is 11.4. The minimum absolute atomic E-state index is 0.219. The topological polar surface area (TPSA) is 21.3 Å². The fourth-order valence-corrected chi connectivity index (χ4v) is 1.51. The lowest BCUT2D eigenvalue weighted by molar-refractivity contribution is 0.104. The van der Waals surface area contributed by atoms with E-state index in [-0.39, 0.29) is 11.9 Å². The molecule has 0 aliphatic rings. The van der Waals surface area contributed by atoms with Crippen molar-refractivity contribution in [3.63, 3.8) is 0 Å². The molecule has 1 rings (SSSR count). The number of hydrogen-bond acceptors (Lipinski definition) is 2. The van der Waals surface area contributed by atoms with Crippen LogP contribution in [0.25, 0.3) is 0 Å². The predicted molar refractivity (Wildman–Crippen MR) is 55.1 cm³/mol. The molecule has 0 heterocycles. The molecule has 0 aliphatic heterocycles. The standard InChI is InChI=1S/C10H13ClFNO/c1-13-6-10(14-2)8-5-7(12)3-4-9(8)11/h3-5,10,13H,6H2,1-2H3. The fourth-order valence-electron chi connectivity index (χ4n) is 1.27. The smallest absolute Gasteiger partial charge is 0.123 e. The average Bonchev–Trinajstić information content (AvgIpc) is 2.18. The Hall–Kier alpha value is -0.640. The lowest BCUT2D eigenvalue weighted by Crippen LogP contribution is -2.19. The zero-order valence-corrected chi connectivity index (χ0v) is 8.94. The van der Waals surface area contributed by atoms with Crippen molar-refractivity contribution >= 4 is 11.6 Å². The second-order valence-corrected chi connectivity index (χ2v) is 3.36. The highest BCUT2D eigenvalue weighted by atomic mass is 35.5. The van der Waals surface area contributed by atoms with Crippen molar-refractivity contribution in [1.82, 2.24) is 5.32 Å². The summed E-state index contributed by atoms with van der Waals surface area (Å²) in [4.78, 5) is 0. The molecule has 0 aliphatic carbocycles. The summed E-state index contributed by atoms with van der Waals surface area (Å²) >= 11 is 5.93. The van der Waals surface area contributed by atoms with E-state index in [1.165, 1.54) is 18.2 Å². The van der Waals surface area contributed by atoms with Gasteiger partial charge in [0.2, 0.25) is 0 Å². The molecule has 0 saturated carbocycles. The summed E-state index contributed by atoms with van der Waals surface area (Å²) in [5.74, 6) is -0.303. The zero-order chi connectivity index (χ0) is 10.6. The minimum Gasteiger partial charge on any atom is -0.375 e. The van der Waals surface area contributed by atoms with Crippen LogP contribution >= 0.6 is 11.6 Å². The molecular formula is C10H13ClFNO. The first-order valence-electron chi connectivity index (χ1n) is 4.31. The van der Waals surface area contributed by atoms with Gasteiger partial charge in [-0.15, -0.1) is 0 Å². The maximum Gasteiger partial charge on any atom is 0.123 e. The second kappa shape index (κ2) is 5.29. The van der Waals surface area contributed by atoms with Crippen molar-refractivity contribution in [2.45, 2.75) is 6.10 Å². The van der Waals surface area contributed by atoms with Gasteiger partial charge in [0.05, 0.1) is 6.10 Å². The minimum atomic E-state index is -0.303. The van der Waals surface area contributed by atoms with Gasteiger partial charge in [-0.25, -0.2) is 4.39 Å². The Labute approximate surface area is 88.0 Å². The molecule has 14 heavy (non-hydrogen) atoms. The zero-order valence-electron chi connectivity index (χ0n) is 8.18. The van der Waals surface area contributed by atoms with Gasteiger partial charge in [0.15, 0.2) is 0 Å². The Kier molecular flexibility index (Phi) is 4.32. The third-order valence-electron chi connectivity index (χ3n) is 1.98. The molecule has 0 saturated heterocycles. The van der Waals surface area contributed by atoms with Crippen molar-refractivity contribution < 1.29 is 9.13 Å². The molecule has 1 unspecified atom stereocenters. The van der Waals surface area contributed by atoms with Crippen molar-refractivity contribution in [3.8, 4) is 0 Å². The van der Waals surface area contributed by atoms with Crippen LogP contribution in [0, 0.1) is 5.82 Å². The van der Waals surface area contributed by atoms with Gasteiger partial charge in [-0.3, -0.25) is 0 Å². The molecule has 2 nitrogen and oxygen atoms in total. The molecule has 0 amide bonds. The normalized spacial score (nSPS) is 12.9. The number of nitrogens with one attached hydrogen (secondary N) is 1. The number of methoxy groups -OCH3 is 1. The molecule has 0 spiro atoms. The quantitative estimate of drug-likeness (QED) is 0.836. The molecule has 0 bridgehead atoms. The van der Waals surface area contributed by atoms with Gasteiger partial charge in [-0.2, -0.15) is 0 Å². The molecule has 1 N–H and O–H groups in total. The summed E-state index contributed by atoms with van der Waals surface area (Å²) in [6.45, 7) is 0.597. The number of halogens is 2. The van der Waals surface area contributed by atoms with Crippen molar-refractivity contribution in [1.29, 1.82) is 0 Å². The lowest BCUT2D eigenvalue weighted by atomic mass is 10.1. The first-order chi connectivity index (χ1) is 6.69. The third kappa shape index (κ3) is 2.67. The van der Waals surface area contributed by atoms with Crippen LogP contribution in [0.1, 0.15) is 11.7 Å². The van der Waals surface area contributed by atoms with E-state index in [0.717, 1.165) is 0 Å². The summed E-state index contributed by atoms with van der Waals surface area (Å²) < 4.78 is 18.1. The second-order valence-electron chi connectivity index (χ2n) is 2.95. The average molecular weight is 218 g/mol. The Morgan fingerprint density at radius 1 is 1.57 bits per heavy atom. The van der Waals surface area contributed by atoms with Gasteiger partial charge in [-0.05, 0) is 25.2 Å². The van der Waals surface area contributed by atoms with E-state index < -0.39 is 0 Å². The molecule has 0 radical (unpaired) electrons.